The number of aromatic nitrogens is 1. The summed E-state index contributed by atoms with van der Waals surface area (Å²) in [5, 5.41) is 10.2. The Labute approximate surface area is 133 Å². The summed E-state index contributed by atoms with van der Waals surface area (Å²) in [7, 11) is 0. The number of halogens is 1. The molecule has 0 saturated carbocycles. The Kier molecular flexibility index (Phi) is 3.30. The lowest BCUT2D eigenvalue weighted by atomic mass is 9.73. The monoisotopic (exact) mass is 318 g/mol. The highest BCUT2D eigenvalue weighted by atomic mass is 19.1. The van der Waals surface area contributed by atoms with E-state index >= 15 is 0 Å². The number of fused-ring (bicyclic) bond motifs is 4. The first-order chi connectivity index (χ1) is 11.1. The third kappa shape index (κ3) is 2.47. The van der Waals surface area contributed by atoms with Gasteiger partial charge < -0.3 is 19.7 Å². The lowest BCUT2D eigenvalue weighted by Gasteiger charge is -2.47. The Morgan fingerprint density at radius 1 is 1.30 bits per heavy atom. The van der Waals surface area contributed by atoms with Crippen LogP contribution in [0.5, 0.6) is 5.75 Å². The molecule has 3 saturated heterocycles. The van der Waals surface area contributed by atoms with Gasteiger partial charge in [0, 0.05) is 17.7 Å². The zero-order valence-corrected chi connectivity index (χ0v) is 12.8. The fourth-order valence-electron chi connectivity index (χ4n) is 3.78. The molecule has 0 unspecified atom stereocenters. The van der Waals surface area contributed by atoms with Crippen LogP contribution in [0.25, 0.3) is 10.9 Å². The van der Waals surface area contributed by atoms with Crippen LogP contribution in [-0.4, -0.2) is 47.2 Å². The maximum absolute atomic E-state index is 13.3. The molecule has 2 aromatic rings. The molecule has 122 valence electrons. The number of carbonyl (C=O) groups is 1. The topological polar surface area (TPSA) is 65.6 Å². The van der Waals surface area contributed by atoms with E-state index in [2.05, 4.69) is 9.88 Å². The molecule has 0 amide bonds. The van der Waals surface area contributed by atoms with Crippen molar-refractivity contribution in [1.82, 2.24) is 9.88 Å². The van der Waals surface area contributed by atoms with Gasteiger partial charge in [-0.15, -0.1) is 0 Å². The number of aromatic hydroxyl groups is 1. The maximum Gasteiger partial charge on any atom is 0.340 e. The first kappa shape index (κ1) is 14.5. The molecule has 3 fully saturated rings. The van der Waals surface area contributed by atoms with Gasteiger partial charge in [-0.05, 0) is 45.0 Å². The van der Waals surface area contributed by atoms with E-state index in [-0.39, 0.29) is 16.7 Å². The van der Waals surface area contributed by atoms with Crippen LogP contribution in [0.1, 0.15) is 29.6 Å². The average Bonchev–Trinajstić information content (AvgIpc) is 2.98. The quantitative estimate of drug-likeness (QED) is 0.854. The lowest BCUT2D eigenvalue weighted by Crippen LogP contribution is -2.50. The first-order valence-corrected chi connectivity index (χ1v) is 7.95. The summed E-state index contributed by atoms with van der Waals surface area (Å²) in [6, 6.07) is 2.25. The third-order valence-electron chi connectivity index (χ3n) is 5.33. The maximum atomic E-state index is 13.3. The predicted octanol–water partition coefficient (Wildman–Crippen LogP) is 2.66. The van der Waals surface area contributed by atoms with Crippen molar-refractivity contribution >= 4 is 16.9 Å². The summed E-state index contributed by atoms with van der Waals surface area (Å²) in [4.78, 5) is 17.7. The fraction of sp³-hybridized carbons (Fsp3) is 0.471. The second kappa shape index (κ2) is 5.23. The Balaban J connectivity index is 1.53. The molecule has 2 N–H and O–H groups in total. The number of hydrogen-bond acceptors (Lipinski definition) is 4. The molecule has 23 heavy (non-hydrogen) atoms. The van der Waals surface area contributed by atoms with E-state index in [1.807, 2.05) is 0 Å². The van der Waals surface area contributed by atoms with Crippen molar-refractivity contribution in [1.29, 1.82) is 0 Å². The van der Waals surface area contributed by atoms with E-state index in [1.54, 1.807) is 0 Å². The number of nitrogens with zero attached hydrogens (tertiary/aromatic N) is 1. The van der Waals surface area contributed by atoms with Gasteiger partial charge in [0.2, 0.25) is 0 Å². The number of carbonyl (C=O) groups excluding carboxylic acids is 1. The Hall–Kier alpha value is -2.08. The van der Waals surface area contributed by atoms with Crippen molar-refractivity contribution in [3.63, 3.8) is 0 Å². The van der Waals surface area contributed by atoms with E-state index in [0.29, 0.717) is 17.5 Å². The summed E-state index contributed by atoms with van der Waals surface area (Å²) >= 11 is 0. The molecule has 3 aliphatic heterocycles. The number of H-pyrrole nitrogens is 1. The number of rotatable bonds is 3. The molecule has 5 rings (SSSR count). The Morgan fingerprint density at radius 2 is 2.00 bits per heavy atom. The standard InChI is InChI=1S/C17H19FN2O3/c18-11-7-13-15(14(21)8-11)12(9-19-13)16(22)23-10-17-1-4-20(5-2-17)6-3-17/h7-9,19,21H,1-6,10H2. The molecule has 6 heteroatoms. The van der Waals surface area contributed by atoms with Crippen LogP contribution in [0.2, 0.25) is 0 Å². The number of piperidine rings is 3. The summed E-state index contributed by atoms with van der Waals surface area (Å²) in [5.74, 6) is -1.28. The molecule has 5 nitrogen and oxygen atoms in total. The summed E-state index contributed by atoms with van der Waals surface area (Å²) in [6.45, 7) is 3.63. The van der Waals surface area contributed by atoms with E-state index in [1.165, 1.54) is 12.3 Å². The molecule has 2 bridgehead atoms. The molecule has 4 heterocycles. The van der Waals surface area contributed by atoms with Crippen LogP contribution in [0, 0.1) is 11.2 Å². The number of ether oxygens (including phenoxy) is 1. The van der Waals surface area contributed by atoms with Crippen LogP contribution < -0.4 is 0 Å². The van der Waals surface area contributed by atoms with Crippen molar-refractivity contribution < 1.29 is 19.0 Å². The van der Waals surface area contributed by atoms with Gasteiger partial charge in [-0.25, -0.2) is 9.18 Å². The van der Waals surface area contributed by atoms with Gasteiger partial charge in [-0.2, -0.15) is 0 Å². The number of aromatic amines is 1. The van der Waals surface area contributed by atoms with Gasteiger partial charge >= 0.3 is 5.97 Å². The smallest absolute Gasteiger partial charge is 0.340 e. The van der Waals surface area contributed by atoms with Crippen LogP contribution in [0.3, 0.4) is 0 Å². The van der Waals surface area contributed by atoms with Crippen LogP contribution in [-0.2, 0) is 4.74 Å². The van der Waals surface area contributed by atoms with Crippen molar-refractivity contribution in [2.45, 2.75) is 19.3 Å². The largest absolute Gasteiger partial charge is 0.507 e. The minimum Gasteiger partial charge on any atom is -0.507 e. The Morgan fingerprint density at radius 3 is 2.70 bits per heavy atom. The molecule has 0 aliphatic carbocycles. The number of esters is 1. The van der Waals surface area contributed by atoms with Crippen LogP contribution in [0.4, 0.5) is 4.39 Å². The number of phenols is 1. The van der Waals surface area contributed by atoms with E-state index in [0.717, 1.165) is 45.0 Å². The number of nitrogens with one attached hydrogen (secondary N) is 1. The molecule has 0 radical (unpaired) electrons. The van der Waals surface area contributed by atoms with Crippen molar-refractivity contribution in [2.24, 2.45) is 5.41 Å². The van der Waals surface area contributed by atoms with Gasteiger partial charge in [0.25, 0.3) is 0 Å². The summed E-state index contributed by atoms with van der Waals surface area (Å²) < 4.78 is 18.9. The van der Waals surface area contributed by atoms with Crippen LogP contribution >= 0.6 is 0 Å². The van der Waals surface area contributed by atoms with E-state index in [9.17, 15) is 14.3 Å². The Bertz CT molecular complexity index is 749. The van der Waals surface area contributed by atoms with E-state index < -0.39 is 11.8 Å². The van der Waals surface area contributed by atoms with Gasteiger partial charge in [0.1, 0.15) is 11.6 Å². The normalized spacial score (nSPS) is 26.6. The minimum atomic E-state index is -0.551. The van der Waals surface area contributed by atoms with Crippen molar-refractivity contribution in [2.75, 3.05) is 26.2 Å². The fourth-order valence-corrected chi connectivity index (χ4v) is 3.78. The van der Waals surface area contributed by atoms with Gasteiger partial charge in [-0.3, -0.25) is 0 Å². The van der Waals surface area contributed by atoms with Gasteiger partial charge in [0.15, 0.2) is 0 Å². The molecule has 1 aromatic heterocycles. The number of phenolic OH excluding ortho intramolecular Hbond substituents is 1. The zero-order valence-electron chi connectivity index (χ0n) is 12.8. The van der Waals surface area contributed by atoms with Crippen molar-refractivity contribution in [3.05, 3.63) is 29.7 Å². The SMILES string of the molecule is O=C(OCC12CCN(CC1)CC2)c1c[nH]c2cc(F)cc(O)c12. The number of hydrogen-bond donors (Lipinski definition) is 2. The van der Waals surface area contributed by atoms with Crippen molar-refractivity contribution in [3.8, 4) is 5.75 Å². The zero-order chi connectivity index (χ0) is 16.0. The molecule has 3 aliphatic rings. The van der Waals surface area contributed by atoms with Gasteiger partial charge in [-0.1, -0.05) is 0 Å². The molecule has 1 aromatic carbocycles. The highest BCUT2D eigenvalue weighted by molar-refractivity contribution is 6.06. The van der Waals surface area contributed by atoms with Crippen LogP contribution in [0.15, 0.2) is 18.3 Å². The summed E-state index contributed by atoms with van der Waals surface area (Å²) in [5.41, 5.74) is 0.741. The minimum absolute atomic E-state index is 0.102. The highest BCUT2D eigenvalue weighted by Crippen LogP contribution is 2.40. The second-order valence-corrected chi connectivity index (χ2v) is 6.72. The summed E-state index contributed by atoms with van der Waals surface area (Å²) in [6.07, 6.45) is 4.65. The molecular weight excluding hydrogens is 299 g/mol. The number of benzene rings is 1. The first-order valence-electron chi connectivity index (χ1n) is 7.95. The molecule has 0 spiro atoms. The average molecular weight is 318 g/mol. The molecule has 0 atom stereocenters. The highest BCUT2D eigenvalue weighted by Gasteiger charge is 2.40. The molecular formula is C17H19FN2O3. The second-order valence-electron chi connectivity index (χ2n) is 6.72. The van der Waals surface area contributed by atoms with Gasteiger partial charge in [0.05, 0.1) is 23.1 Å². The third-order valence-corrected chi connectivity index (χ3v) is 5.33. The lowest BCUT2D eigenvalue weighted by molar-refractivity contribution is -0.0304. The van der Waals surface area contributed by atoms with E-state index in [4.69, 9.17) is 4.74 Å². The predicted molar refractivity (Wildman–Crippen MR) is 82.9 cm³/mol.